The van der Waals surface area contributed by atoms with Crippen LogP contribution in [0.4, 0.5) is 11.6 Å². The number of nitrogen functional groups attached to an aromatic ring is 1. The van der Waals surface area contributed by atoms with Crippen molar-refractivity contribution in [3.63, 3.8) is 0 Å². The van der Waals surface area contributed by atoms with E-state index < -0.39 is 5.56 Å². The standard InChI is InChI=1S/C19H22N8O4/c1-31-27-14(28)3-2-8-21-17(29)11-4-6-12(7-5-11)22-9-13-10-23-16-15(24-13)18(30)26-19(20)25-16/h4-7,10,22H,2-3,8-9H2,1H3,(H,21,29)(H,27,28)(H3,20,23,25,26,30). The SMILES string of the molecule is CONC(=O)CCCNC(=O)c1ccc(NCc2cnc3nc(N)[nH]c(=O)c3n2)cc1. The molecule has 162 valence electrons. The molecule has 0 atom stereocenters. The van der Waals surface area contributed by atoms with Gasteiger partial charge in [0.25, 0.3) is 11.5 Å². The van der Waals surface area contributed by atoms with Gasteiger partial charge in [-0.3, -0.25) is 24.2 Å². The Bertz CT molecular complexity index is 1130. The molecule has 0 saturated carbocycles. The van der Waals surface area contributed by atoms with Crippen LogP contribution in [0.3, 0.4) is 0 Å². The molecule has 0 aliphatic heterocycles. The van der Waals surface area contributed by atoms with Crippen LogP contribution in [0.1, 0.15) is 28.9 Å². The number of carbonyl (C=O) groups excluding carboxylic acids is 2. The van der Waals surface area contributed by atoms with Gasteiger partial charge in [-0.15, -0.1) is 0 Å². The minimum atomic E-state index is -0.452. The van der Waals surface area contributed by atoms with Gasteiger partial charge in [0.05, 0.1) is 25.5 Å². The summed E-state index contributed by atoms with van der Waals surface area (Å²) in [6, 6.07) is 6.87. The van der Waals surface area contributed by atoms with Crippen LogP contribution in [0.25, 0.3) is 11.2 Å². The number of hydrogen-bond acceptors (Lipinski definition) is 9. The summed E-state index contributed by atoms with van der Waals surface area (Å²) >= 11 is 0. The zero-order valence-corrected chi connectivity index (χ0v) is 16.8. The van der Waals surface area contributed by atoms with Gasteiger partial charge in [-0.05, 0) is 30.7 Å². The van der Waals surface area contributed by atoms with Gasteiger partial charge in [0, 0.05) is 24.2 Å². The second-order valence-corrected chi connectivity index (χ2v) is 6.50. The molecular weight excluding hydrogens is 404 g/mol. The van der Waals surface area contributed by atoms with Gasteiger partial charge in [-0.25, -0.2) is 15.4 Å². The van der Waals surface area contributed by atoms with E-state index in [9.17, 15) is 14.4 Å². The first-order valence-electron chi connectivity index (χ1n) is 9.41. The van der Waals surface area contributed by atoms with Crippen LogP contribution in [0.15, 0.2) is 35.3 Å². The quantitative estimate of drug-likeness (QED) is 0.234. The largest absolute Gasteiger partial charge is 0.379 e. The highest BCUT2D eigenvalue weighted by Crippen LogP contribution is 2.11. The second kappa shape index (κ2) is 10.1. The number of benzene rings is 1. The molecule has 3 rings (SSSR count). The summed E-state index contributed by atoms with van der Waals surface area (Å²) in [6.07, 6.45) is 2.26. The highest BCUT2D eigenvalue weighted by Gasteiger charge is 2.08. The molecule has 1 aromatic carbocycles. The summed E-state index contributed by atoms with van der Waals surface area (Å²) in [4.78, 5) is 54.5. The number of H-pyrrole nitrogens is 1. The van der Waals surface area contributed by atoms with Gasteiger partial charge in [-0.1, -0.05) is 0 Å². The van der Waals surface area contributed by atoms with Crippen molar-refractivity contribution in [2.45, 2.75) is 19.4 Å². The second-order valence-electron chi connectivity index (χ2n) is 6.50. The number of aromatic amines is 1. The van der Waals surface area contributed by atoms with Gasteiger partial charge in [0.2, 0.25) is 11.9 Å². The Balaban J connectivity index is 1.51. The predicted octanol–water partition coefficient (Wildman–Crippen LogP) is 0.0950. The monoisotopic (exact) mass is 426 g/mol. The highest BCUT2D eigenvalue weighted by molar-refractivity contribution is 5.94. The van der Waals surface area contributed by atoms with Crippen LogP contribution < -0.4 is 27.4 Å². The van der Waals surface area contributed by atoms with Crippen LogP contribution in [0, 0.1) is 0 Å². The summed E-state index contributed by atoms with van der Waals surface area (Å²) in [5.74, 6) is -0.489. The maximum Gasteiger partial charge on any atom is 0.280 e. The fourth-order valence-electron chi connectivity index (χ4n) is 2.71. The van der Waals surface area contributed by atoms with E-state index in [4.69, 9.17) is 5.73 Å². The fourth-order valence-corrected chi connectivity index (χ4v) is 2.71. The van der Waals surface area contributed by atoms with E-state index in [2.05, 4.69) is 40.9 Å². The van der Waals surface area contributed by atoms with Crippen molar-refractivity contribution < 1.29 is 14.4 Å². The molecule has 0 bridgehead atoms. The van der Waals surface area contributed by atoms with Gasteiger partial charge in [0.15, 0.2) is 11.2 Å². The Kier molecular flexibility index (Phi) is 7.06. The third-order valence-corrected chi connectivity index (χ3v) is 4.19. The molecule has 12 heteroatoms. The number of hydroxylamine groups is 1. The number of carbonyl (C=O) groups is 2. The van der Waals surface area contributed by atoms with Crippen molar-refractivity contribution in [3.05, 3.63) is 52.1 Å². The number of fused-ring (bicyclic) bond motifs is 1. The van der Waals surface area contributed by atoms with Crippen molar-refractivity contribution in [1.82, 2.24) is 30.7 Å². The van der Waals surface area contributed by atoms with Crippen LogP contribution in [0.2, 0.25) is 0 Å². The highest BCUT2D eigenvalue weighted by atomic mass is 16.6. The maximum atomic E-state index is 12.2. The molecule has 0 radical (unpaired) electrons. The average Bonchev–Trinajstić information content (AvgIpc) is 2.76. The van der Waals surface area contributed by atoms with Crippen LogP contribution in [-0.2, 0) is 16.2 Å². The summed E-state index contributed by atoms with van der Waals surface area (Å²) in [6.45, 7) is 0.693. The average molecular weight is 426 g/mol. The van der Waals surface area contributed by atoms with Crippen LogP contribution in [0.5, 0.6) is 0 Å². The minimum Gasteiger partial charge on any atom is -0.379 e. The predicted molar refractivity (Wildman–Crippen MR) is 113 cm³/mol. The summed E-state index contributed by atoms with van der Waals surface area (Å²) in [5.41, 5.74) is 9.35. The summed E-state index contributed by atoms with van der Waals surface area (Å²) < 4.78 is 0. The van der Waals surface area contributed by atoms with Gasteiger partial charge in [-0.2, -0.15) is 4.98 Å². The molecule has 0 spiro atoms. The Morgan fingerprint density at radius 1 is 1.19 bits per heavy atom. The number of rotatable bonds is 9. The molecule has 31 heavy (non-hydrogen) atoms. The molecule has 0 unspecified atom stereocenters. The number of nitrogens with zero attached hydrogens (tertiary/aromatic N) is 3. The molecule has 6 N–H and O–H groups in total. The van der Waals surface area contributed by atoms with E-state index in [1.54, 1.807) is 24.3 Å². The van der Waals surface area contributed by atoms with Gasteiger partial charge < -0.3 is 16.4 Å². The molecule has 2 amide bonds. The first-order valence-corrected chi connectivity index (χ1v) is 9.41. The molecule has 2 heterocycles. The zero-order valence-electron chi connectivity index (χ0n) is 16.8. The number of aromatic nitrogens is 4. The maximum absolute atomic E-state index is 12.2. The lowest BCUT2D eigenvalue weighted by molar-refractivity contribution is -0.131. The Morgan fingerprint density at radius 3 is 2.71 bits per heavy atom. The van der Waals surface area contributed by atoms with Crippen LogP contribution in [-0.4, -0.2) is 45.4 Å². The number of amides is 2. The number of nitrogens with one attached hydrogen (secondary N) is 4. The first-order chi connectivity index (χ1) is 15.0. The lowest BCUT2D eigenvalue weighted by atomic mass is 10.2. The third-order valence-electron chi connectivity index (χ3n) is 4.19. The number of anilines is 2. The van der Waals surface area contributed by atoms with Gasteiger partial charge >= 0.3 is 0 Å². The summed E-state index contributed by atoms with van der Waals surface area (Å²) in [5, 5.41) is 5.91. The van der Waals surface area contributed by atoms with Gasteiger partial charge in [0.1, 0.15) is 0 Å². The lowest BCUT2D eigenvalue weighted by Crippen LogP contribution is -2.27. The third kappa shape index (κ3) is 5.96. The van der Waals surface area contributed by atoms with E-state index >= 15 is 0 Å². The molecule has 0 aliphatic carbocycles. The Morgan fingerprint density at radius 2 is 1.97 bits per heavy atom. The molecule has 12 nitrogen and oxygen atoms in total. The van der Waals surface area contributed by atoms with E-state index in [-0.39, 0.29) is 35.3 Å². The minimum absolute atomic E-state index is 0.0154. The normalized spacial score (nSPS) is 10.6. The van der Waals surface area contributed by atoms with E-state index in [0.29, 0.717) is 30.8 Å². The molecule has 0 fully saturated rings. The van der Waals surface area contributed by atoms with E-state index in [1.807, 2.05) is 0 Å². The number of nitrogens with two attached hydrogens (primary N) is 1. The Hall–Kier alpha value is -4.06. The molecule has 2 aromatic heterocycles. The molecule has 3 aromatic rings. The van der Waals surface area contributed by atoms with Crippen LogP contribution >= 0.6 is 0 Å². The topological polar surface area (TPSA) is 177 Å². The smallest absolute Gasteiger partial charge is 0.280 e. The molecular formula is C19H22N8O4. The molecule has 0 saturated heterocycles. The van der Waals surface area contributed by atoms with Crippen molar-refractivity contribution in [1.29, 1.82) is 0 Å². The van der Waals surface area contributed by atoms with Crippen molar-refractivity contribution in [3.8, 4) is 0 Å². The van der Waals surface area contributed by atoms with E-state index in [0.717, 1.165) is 5.69 Å². The first kappa shape index (κ1) is 21.6. The summed E-state index contributed by atoms with van der Waals surface area (Å²) in [7, 11) is 1.36. The van der Waals surface area contributed by atoms with Crippen molar-refractivity contribution >= 4 is 34.6 Å². The fraction of sp³-hybridized carbons (Fsp3) is 0.263. The lowest BCUT2D eigenvalue weighted by Gasteiger charge is -2.08. The van der Waals surface area contributed by atoms with Crippen molar-refractivity contribution in [2.24, 2.45) is 0 Å². The number of hydrogen-bond donors (Lipinski definition) is 5. The Labute approximate surface area is 176 Å². The molecule has 0 aliphatic rings. The van der Waals surface area contributed by atoms with Crippen molar-refractivity contribution in [2.75, 3.05) is 24.7 Å². The zero-order chi connectivity index (χ0) is 22.2. The van der Waals surface area contributed by atoms with E-state index in [1.165, 1.54) is 13.3 Å².